The van der Waals surface area contributed by atoms with Crippen LogP contribution in [0.1, 0.15) is 5.69 Å². The van der Waals surface area contributed by atoms with Gasteiger partial charge in [0.2, 0.25) is 0 Å². The molecule has 0 bridgehead atoms. The van der Waals surface area contributed by atoms with Gasteiger partial charge >= 0.3 is 0 Å². The van der Waals surface area contributed by atoms with E-state index in [2.05, 4.69) is 21.0 Å². The lowest BCUT2D eigenvalue weighted by Gasteiger charge is -2.02. The number of rotatable bonds is 2. The van der Waals surface area contributed by atoms with E-state index in [1.165, 1.54) is 0 Å². The summed E-state index contributed by atoms with van der Waals surface area (Å²) in [6.45, 7) is 0.412. The molecule has 0 fully saturated rings. The zero-order chi connectivity index (χ0) is 12.6. The van der Waals surface area contributed by atoms with Crippen LogP contribution in [0.3, 0.4) is 0 Å². The summed E-state index contributed by atoms with van der Waals surface area (Å²) in [5, 5.41) is 5.58. The Morgan fingerprint density at radius 1 is 1.41 bits per heavy atom. The van der Waals surface area contributed by atoms with Gasteiger partial charge in [-0.3, -0.25) is 4.68 Å². The highest BCUT2D eigenvalue weighted by Gasteiger charge is 2.16. The Balaban J connectivity index is 2.61. The Morgan fingerprint density at radius 3 is 2.65 bits per heavy atom. The van der Waals surface area contributed by atoms with E-state index in [1.807, 2.05) is 13.1 Å². The van der Waals surface area contributed by atoms with Crippen LogP contribution in [0, 0.1) is 0 Å². The van der Waals surface area contributed by atoms with Crippen molar-refractivity contribution in [1.82, 2.24) is 9.78 Å². The van der Waals surface area contributed by atoms with E-state index < -0.39 is 0 Å². The molecule has 17 heavy (non-hydrogen) atoms. The van der Waals surface area contributed by atoms with Crippen LogP contribution in [-0.4, -0.2) is 9.78 Å². The molecule has 1 aromatic carbocycles. The predicted octanol–water partition coefficient (Wildman–Crippen LogP) is 3.62. The molecule has 0 amide bonds. The first-order valence-electron chi connectivity index (χ1n) is 4.91. The van der Waals surface area contributed by atoms with E-state index in [0.29, 0.717) is 16.6 Å². The third kappa shape index (κ3) is 2.36. The van der Waals surface area contributed by atoms with Crippen LogP contribution < -0.4 is 5.73 Å². The SMILES string of the molecule is Cn1nc(-c2ccc(Cl)cc2Cl)c(Br)c1CN. The monoisotopic (exact) mass is 333 g/mol. The van der Waals surface area contributed by atoms with Crippen molar-refractivity contribution in [3.8, 4) is 11.3 Å². The van der Waals surface area contributed by atoms with E-state index in [0.717, 1.165) is 21.4 Å². The van der Waals surface area contributed by atoms with E-state index in [-0.39, 0.29) is 0 Å². The van der Waals surface area contributed by atoms with Crippen molar-refractivity contribution in [2.75, 3.05) is 0 Å². The largest absolute Gasteiger partial charge is 0.325 e. The molecule has 2 N–H and O–H groups in total. The first-order chi connectivity index (χ1) is 8.04. The number of halogens is 3. The van der Waals surface area contributed by atoms with Crippen LogP contribution in [-0.2, 0) is 13.6 Å². The van der Waals surface area contributed by atoms with Crippen LogP contribution >= 0.6 is 39.1 Å². The molecule has 0 saturated heterocycles. The van der Waals surface area contributed by atoms with Crippen molar-refractivity contribution < 1.29 is 0 Å². The van der Waals surface area contributed by atoms with Gasteiger partial charge in [0.25, 0.3) is 0 Å². The lowest BCUT2D eigenvalue weighted by molar-refractivity contribution is 0.713. The molecule has 0 aliphatic rings. The van der Waals surface area contributed by atoms with Crippen molar-refractivity contribution in [1.29, 1.82) is 0 Å². The summed E-state index contributed by atoms with van der Waals surface area (Å²) in [4.78, 5) is 0. The molecule has 1 heterocycles. The van der Waals surface area contributed by atoms with Gasteiger partial charge in [0.05, 0.1) is 15.2 Å². The average molecular weight is 335 g/mol. The maximum atomic E-state index is 6.16. The van der Waals surface area contributed by atoms with Crippen LogP contribution in [0.15, 0.2) is 22.7 Å². The van der Waals surface area contributed by atoms with Crippen molar-refractivity contribution >= 4 is 39.1 Å². The number of hydrogen-bond donors (Lipinski definition) is 1. The van der Waals surface area contributed by atoms with Crippen molar-refractivity contribution in [2.45, 2.75) is 6.54 Å². The minimum atomic E-state index is 0.412. The molecule has 1 aromatic heterocycles. The van der Waals surface area contributed by atoms with E-state index in [9.17, 15) is 0 Å². The summed E-state index contributed by atoms with van der Waals surface area (Å²) in [5.41, 5.74) is 8.19. The molecular weight excluding hydrogens is 325 g/mol. The van der Waals surface area contributed by atoms with Crippen LogP contribution in [0.5, 0.6) is 0 Å². The lowest BCUT2D eigenvalue weighted by Crippen LogP contribution is -2.04. The zero-order valence-electron chi connectivity index (χ0n) is 9.04. The molecule has 2 rings (SSSR count). The average Bonchev–Trinajstić information content (AvgIpc) is 2.54. The molecule has 0 unspecified atom stereocenters. The first kappa shape index (κ1) is 12.9. The van der Waals surface area contributed by atoms with Crippen molar-refractivity contribution in [3.05, 3.63) is 38.4 Å². The number of benzene rings is 1. The minimum Gasteiger partial charge on any atom is -0.325 e. The molecule has 3 nitrogen and oxygen atoms in total. The topological polar surface area (TPSA) is 43.8 Å². The summed E-state index contributed by atoms with van der Waals surface area (Å²) in [6.07, 6.45) is 0. The summed E-state index contributed by atoms with van der Waals surface area (Å²) in [6, 6.07) is 5.33. The van der Waals surface area contributed by atoms with Gasteiger partial charge in [0.1, 0.15) is 5.69 Å². The van der Waals surface area contributed by atoms with E-state index in [4.69, 9.17) is 28.9 Å². The molecule has 6 heteroatoms. The fourth-order valence-corrected chi connectivity index (χ4v) is 2.82. The summed E-state index contributed by atoms with van der Waals surface area (Å²) < 4.78 is 2.61. The van der Waals surface area contributed by atoms with Gasteiger partial charge < -0.3 is 5.73 Å². The Kier molecular flexibility index (Phi) is 3.78. The normalized spacial score (nSPS) is 10.9. The standard InChI is InChI=1S/C11H10BrCl2N3/c1-17-9(5-15)10(12)11(16-17)7-3-2-6(13)4-8(7)14/h2-4H,5,15H2,1H3. The van der Waals surface area contributed by atoms with Crippen molar-refractivity contribution in [2.24, 2.45) is 12.8 Å². The number of nitrogens with zero attached hydrogens (tertiary/aromatic N) is 2. The number of nitrogens with two attached hydrogens (primary N) is 1. The van der Waals surface area contributed by atoms with Gasteiger partial charge in [-0.25, -0.2) is 0 Å². The molecule has 2 aromatic rings. The Bertz CT molecular complexity index is 566. The summed E-state index contributed by atoms with van der Waals surface area (Å²) >= 11 is 15.5. The fourth-order valence-electron chi connectivity index (χ4n) is 1.61. The maximum Gasteiger partial charge on any atom is 0.108 e. The van der Waals surface area contributed by atoms with Gasteiger partial charge in [-0.15, -0.1) is 0 Å². The van der Waals surface area contributed by atoms with Crippen LogP contribution in [0.2, 0.25) is 10.0 Å². The fraction of sp³-hybridized carbons (Fsp3) is 0.182. The van der Waals surface area contributed by atoms with Gasteiger partial charge in [0.15, 0.2) is 0 Å². The third-order valence-corrected chi connectivity index (χ3v) is 3.86. The molecule has 0 radical (unpaired) electrons. The number of aromatic nitrogens is 2. The molecule has 0 aliphatic carbocycles. The Hall–Kier alpha value is -0.550. The minimum absolute atomic E-state index is 0.412. The second kappa shape index (κ2) is 4.98. The third-order valence-electron chi connectivity index (χ3n) is 2.48. The highest BCUT2D eigenvalue weighted by molar-refractivity contribution is 9.10. The van der Waals surface area contributed by atoms with E-state index >= 15 is 0 Å². The van der Waals surface area contributed by atoms with Gasteiger partial charge in [0, 0.05) is 24.2 Å². The van der Waals surface area contributed by atoms with Crippen molar-refractivity contribution in [3.63, 3.8) is 0 Å². The number of aryl methyl sites for hydroxylation is 1. The Labute approximate surface area is 118 Å². The summed E-state index contributed by atoms with van der Waals surface area (Å²) in [7, 11) is 1.85. The van der Waals surface area contributed by atoms with Gasteiger partial charge in [-0.1, -0.05) is 23.2 Å². The smallest absolute Gasteiger partial charge is 0.108 e. The summed E-state index contributed by atoms with van der Waals surface area (Å²) in [5.74, 6) is 0. The predicted molar refractivity (Wildman–Crippen MR) is 74.3 cm³/mol. The first-order valence-corrected chi connectivity index (χ1v) is 6.46. The highest BCUT2D eigenvalue weighted by atomic mass is 79.9. The molecule has 0 atom stereocenters. The molecule has 0 aliphatic heterocycles. The van der Waals surface area contributed by atoms with Gasteiger partial charge in [-0.05, 0) is 34.1 Å². The lowest BCUT2D eigenvalue weighted by atomic mass is 10.1. The highest BCUT2D eigenvalue weighted by Crippen LogP contribution is 2.35. The molecule has 0 spiro atoms. The van der Waals surface area contributed by atoms with Crippen LogP contribution in [0.25, 0.3) is 11.3 Å². The maximum absolute atomic E-state index is 6.16. The second-order valence-electron chi connectivity index (χ2n) is 3.56. The van der Waals surface area contributed by atoms with Gasteiger partial charge in [-0.2, -0.15) is 5.10 Å². The molecule has 0 saturated carbocycles. The second-order valence-corrected chi connectivity index (χ2v) is 5.20. The number of hydrogen-bond acceptors (Lipinski definition) is 2. The molecular formula is C11H10BrCl2N3. The quantitative estimate of drug-likeness (QED) is 0.911. The molecule has 90 valence electrons. The Morgan fingerprint density at radius 2 is 2.12 bits per heavy atom. The van der Waals surface area contributed by atoms with Crippen LogP contribution in [0.4, 0.5) is 0 Å². The van der Waals surface area contributed by atoms with E-state index in [1.54, 1.807) is 16.8 Å². The zero-order valence-corrected chi connectivity index (χ0v) is 12.1.